The Hall–Kier alpha value is -2.47. The summed E-state index contributed by atoms with van der Waals surface area (Å²) < 4.78 is 30.2. The molecule has 0 amide bonds. The minimum atomic E-state index is -1.26. The molecule has 5 heteroatoms. The fraction of sp³-hybridized carbons (Fsp3) is 0.308. The zero-order chi connectivity index (χ0) is 22.6. The summed E-state index contributed by atoms with van der Waals surface area (Å²) in [6.45, 7) is 10.0. The second-order valence-corrected chi connectivity index (χ2v) is 10.2. The molecule has 0 saturated heterocycles. The molecule has 4 nitrogen and oxygen atoms in total. The third-order valence-corrected chi connectivity index (χ3v) is 6.20. The van der Waals surface area contributed by atoms with Crippen LogP contribution in [0, 0.1) is 0 Å². The molecular formula is C26H30O4S. The Balaban J connectivity index is 1.66. The van der Waals surface area contributed by atoms with Crippen LogP contribution in [0.25, 0.3) is 0 Å². The molecule has 3 aromatic carbocycles. The molecule has 1 atom stereocenters. The lowest BCUT2D eigenvalue weighted by Crippen LogP contribution is -2.22. The van der Waals surface area contributed by atoms with Crippen molar-refractivity contribution < 1.29 is 18.8 Å². The van der Waals surface area contributed by atoms with Crippen molar-refractivity contribution in [2.45, 2.75) is 55.6 Å². The lowest BCUT2D eigenvalue weighted by molar-refractivity contribution is 0.0192. The summed E-state index contributed by atoms with van der Waals surface area (Å²) in [6.07, 6.45) is 0. The van der Waals surface area contributed by atoms with Gasteiger partial charge in [-0.2, -0.15) is 0 Å². The summed E-state index contributed by atoms with van der Waals surface area (Å²) in [5.41, 5.74) is 0.419. The first kappa shape index (κ1) is 23.2. The van der Waals surface area contributed by atoms with Crippen molar-refractivity contribution in [3.63, 3.8) is 0 Å². The van der Waals surface area contributed by atoms with Crippen LogP contribution in [0.5, 0.6) is 17.2 Å². The van der Waals surface area contributed by atoms with Gasteiger partial charge >= 0.3 is 0 Å². The van der Waals surface area contributed by atoms with Gasteiger partial charge in [-0.1, -0.05) is 12.1 Å². The first-order chi connectivity index (χ1) is 14.6. The van der Waals surface area contributed by atoms with Crippen LogP contribution in [0.1, 0.15) is 40.2 Å². The Morgan fingerprint density at radius 2 is 1.06 bits per heavy atom. The van der Waals surface area contributed by atoms with Crippen LogP contribution in [0.15, 0.2) is 82.6 Å². The van der Waals surface area contributed by atoms with Crippen LogP contribution in [-0.2, 0) is 21.5 Å². The number of rotatable bonds is 7. The molecule has 31 heavy (non-hydrogen) atoms. The standard InChI is InChI=1S/C26H30O4S/c1-25(2,3)30-22-11-9-20(10-12-22)29-21-13-17-24(18-14-21)31(27)23-15-7-19(8-16-23)26(4,5)28-6/h7-18H,1-6H3. The van der Waals surface area contributed by atoms with Crippen LogP contribution in [0.2, 0.25) is 0 Å². The third-order valence-electron chi connectivity index (χ3n) is 4.80. The van der Waals surface area contributed by atoms with Gasteiger partial charge in [0.15, 0.2) is 9.79 Å². The highest BCUT2D eigenvalue weighted by molar-refractivity contribution is 7.91. The Morgan fingerprint density at radius 1 is 0.645 bits per heavy atom. The molecule has 0 fully saturated rings. The molecule has 3 rings (SSSR count). The van der Waals surface area contributed by atoms with Gasteiger partial charge in [0, 0.05) is 18.3 Å². The Morgan fingerprint density at radius 3 is 1.52 bits per heavy atom. The number of hydrogen-bond acceptors (Lipinski definition) is 4. The minimum absolute atomic E-state index is 0.242. The normalized spacial score (nSPS) is 13.0. The van der Waals surface area contributed by atoms with Crippen LogP contribution >= 0.6 is 0 Å². The first-order valence-corrected chi connectivity index (χ1v) is 11.4. The van der Waals surface area contributed by atoms with E-state index < -0.39 is 11.2 Å². The minimum Gasteiger partial charge on any atom is -0.606 e. The van der Waals surface area contributed by atoms with Crippen LogP contribution < -0.4 is 9.47 Å². The highest BCUT2D eigenvalue weighted by Crippen LogP contribution is 2.29. The summed E-state index contributed by atoms with van der Waals surface area (Å²) >= 11 is -1.26. The fourth-order valence-corrected chi connectivity index (χ4v) is 3.97. The van der Waals surface area contributed by atoms with Crippen LogP contribution in [-0.4, -0.2) is 17.3 Å². The lowest BCUT2D eigenvalue weighted by Gasteiger charge is -2.23. The lowest BCUT2D eigenvalue weighted by atomic mass is 9.98. The van der Waals surface area contributed by atoms with Crippen molar-refractivity contribution in [2.75, 3.05) is 7.11 Å². The molecule has 0 N–H and O–H groups in total. The molecule has 0 saturated carbocycles. The number of hydrogen-bond donors (Lipinski definition) is 0. The Bertz CT molecular complexity index is 972. The molecule has 0 aromatic heterocycles. The predicted molar refractivity (Wildman–Crippen MR) is 124 cm³/mol. The summed E-state index contributed by atoms with van der Waals surface area (Å²) in [5.74, 6) is 2.19. The van der Waals surface area contributed by atoms with E-state index in [2.05, 4.69) is 0 Å². The van der Waals surface area contributed by atoms with Crippen molar-refractivity contribution in [3.8, 4) is 17.2 Å². The summed E-state index contributed by atoms with van der Waals surface area (Å²) in [5, 5.41) is 0. The maximum Gasteiger partial charge on any atom is 0.158 e. The molecule has 3 aromatic rings. The molecule has 0 spiro atoms. The zero-order valence-corrected chi connectivity index (χ0v) is 19.8. The van der Waals surface area contributed by atoms with Crippen molar-refractivity contribution in [1.82, 2.24) is 0 Å². The van der Waals surface area contributed by atoms with Crippen molar-refractivity contribution in [1.29, 1.82) is 0 Å². The van der Waals surface area contributed by atoms with E-state index in [-0.39, 0.29) is 11.2 Å². The van der Waals surface area contributed by atoms with Gasteiger partial charge in [0.05, 0.1) is 5.60 Å². The maximum absolute atomic E-state index is 12.9. The first-order valence-electron chi connectivity index (χ1n) is 10.2. The fourth-order valence-electron chi connectivity index (χ4n) is 2.93. The van der Waals surface area contributed by atoms with Gasteiger partial charge in [0.25, 0.3) is 0 Å². The van der Waals surface area contributed by atoms with E-state index in [1.54, 1.807) is 7.11 Å². The van der Waals surface area contributed by atoms with Crippen molar-refractivity contribution >= 4 is 11.2 Å². The average molecular weight is 439 g/mol. The van der Waals surface area contributed by atoms with E-state index in [9.17, 15) is 4.55 Å². The zero-order valence-electron chi connectivity index (χ0n) is 19.0. The third kappa shape index (κ3) is 6.26. The molecule has 1 unspecified atom stereocenters. The monoisotopic (exact) mass is 438 g/mol. The molecule has 164 valence electrons. The topological polar surface area (TPSA) is 50.8 Å². The van der Waals surface area contributed by atoms with Gasteiger partial charge in [-0.15, -0.1) is 0 Å². The van der Waals surface area contributed by atoms with Gasteiger partial charge in [0.2, 0.25) is 0 Å². The molecule has 0 aliphatic rings. The van der Waals surface area contributed by atoms with Crippen LogP contribution in [0.3, 0.4) is 0 Å². The van der Waals surface area contributed by atoms with Gasteiger partial charge in [-0.25, -0.2) is 0 Å². The molecule has 0 aliphatic carbocycles. The van der Waals surface area contributed by atoms with Crippen molar-refractivity contribution in [2.24, 2.45) is 0 Å². The Kier molecular flexibility index (Phi) is 6.99. The van der Waals surface area contributed by atoms with E-state index in [0.29, 0.717) is 11.5 Å². The molecule has 0 bridgehead atoms. The van der Waals surface area contributed by atoms with Gasteiger partial charge in [0.1, 0.15) is 22.8 Å². The molecular weight excluding hydrogens is 408 g/mol. The van der Waals surface area contributed by atoms with Crippen LogP contribution in [0.4, 0.5) is 0 Å². The van der Waals surface area contributed by atoms with Gasteiger partial charge in [-0.05, 0) is 101 Å². The second-order valence-electron chi connectivity index (χ2n) is 8.77. The molecule has 0 aliphatic heterocycles. The number of methoxy groups -OCH3 is 1. The quantitative estimate of drug-likeness (QED) is 0.385. The Labute approximate surface area is 188 Å². The maximum atomic E-state index is 12.9. The summed E-state index contributed by atoms with van der Waals surface area (Å²) in [7, 11) is 1.68. The predicted octanol–water partition coefficient (Wildman–Crippen LogP) is 6.70. The second kappa shape index (κ2) is 9.35. The van der Waals surface area contributed by atoms with Gasteiger partial charge < -0.3 is 18.8 Å². The van der Waals surface area contributed by atoms with E-state index >= 15 is 0 Å². The molecule has 0 radical (unpaired) electrons. The number of ether oxygens (including phenoxy) is 3. The smallest absolute Gasteiger partial charge is 0.158 e. The number of benzene rings is 3. The molecule has 0 heterocycles. The van der Waals surface area contributed by atoms with E-state index in [1.165, 1.54) is 0 Å². The van der Waals surface area contributed by atoms with E-state index in [1.807, 2.05) is 107 Å². The SMILES string of the molecule is COC(C)(C)c1ccc([S+]([O-])c2ccc(Oc3ccc(OC(C)(C)C)cc3)cc2)cc1. The summed E-state index contributed by atoms with van der Waals surface area (Å²) in [6, 6.07) is 22.5. The summed E-state index contributed by atoms with van der Waals surface area (Å²) in [4.78, 5) is 1.47. The van der Waals surface area contributed by atoms with E-state index in [4.69, 9.17) is 14.2 Å². The largest absolute Gasteiger partial charge is 0.606 e. The highest BCUT2D eigenvalue weighted by atomic mass is 32.2. The van der Waals surface area contributed by atoms with Crippen molar-refractivity contribution in [3.05, 3.63) is 78.4 Å². The van der Waals surface area contributed by atoms with E-state index in [0.717, 1.165) is 21.1 Å². The highest BCUT2D eigenvalue weighted by Gasteiger charge is 2.21. The van der Waals surface area contributed by atoms with Gasteiger partial charge in [-0.3, -0.25) is 0 Å². The average Bonchev–Trinajstić information content (AvgIpc) is 2.74.